The van der Waals surface area contributed by atoms with Gasteiger partial charge in [-0.15, -0.1) is 0 Å². The Morgan fingerprint density at radius 2 is 1.19 bits per heavy atom. The maximum absolute atomic E-state index is 4.72. The molecule has 0 fully saturated rings. The minimum absolute atomic E-state index is 0.410. The topological polar surface area (TPSA) is 17.8 Å². The molecule has 2 aromatic rings. The molecule has 1 atom stereocenters. The van der Waals surface area contributed by atoms with Crippen molar-refractivity contribution in [1.82, 2.24) is 9.55 Å². The van der Waals surface area contributed by atoms with Crippen molar-refractivity contribution in [2.45, 2.75) is 129 Å². The average Bonchev–Trinajstić information content (AvgIpc) is 3.26. The molecule has 2 nitrogen and oxygen atoms in total. The molecule has 0 amide bonds. The lowest BCUT2D eigenvalue weighted by Gasteiger charge is -2.17. The van der Waals surface area contributed by atoms with Crippen molar-refractivity contribution in [3.05, 3.63) is 54.1 Å². The van der Waals surface area contributed by atoms with E-state index in [2.05, 4.69) is 54.9 Å². The lowest BCUT2D eigenvalue weighted by atomic mass is 9.95. The maximum atomic E-state index is 4.72. The summed E-state index contributed by atoms with van der Waals surface area (Å²) in [6.45, 7) is 5.67. The number of aryl methyl sites for hydroxylation is 1. The van der Waals surface area contributed by atoms with E-state index in [1.54, 1.807) is 0 Å². The van der Waals surface area contributed by atoms with Crippen molar-refractivity contribution in [3.8, 4) is 0 Å². The van der Waals surface area contributed by atoms with Crippen molar-refractivity contribution >= 4 is 0 Å². The van der Waals surface area contributed by atoms with Crippen molar-refractivity contribution in [2.75, 3.05) is 0 Å². The highest BCUT2D eigenvalue weighted by Crippen LogP contribution is 2.26. The fourth-order valence-corrected chi connectivity index (χ4v) is 4.73. The number of unbranched alkanes of at least 4 members (excludes halogenated alkanes) is 14. The lowest BCUT2D eigenvalue weighted by Crippen LogP contribution is -2.10. The molecule has 0 radical (unpaired) electrons. The van der Waals surface area contributed by atoms with E-state index in [0.717, 1.165) is 13.0 Å². The standard InChI is InChI=1S/C29H48N2/c1-3-5-6-7-8-9-10-11-12-13-14-15-16-17-21-25-31-26-24-30-29(31)28(4-2)27-22-19-18-20-23-27/h18-20,22-24,26,28H,3-17,21,25H2,1-2H3. The lowest BCUT2D eigenvalue weighted by molar-refractivity contribution is 0.514. The van der Waals surface area contributed by atoms with Gasteiger partial charge in [0, 0.05) is 24.9 Å². The van der Waals surface area contributed by atoms with E-state index >= 15 is 0 Å². The molecule has 0 aliphatic rings. The van der Waals surface area contributed by atoms with E-state index in [0.29, 0.717) is 5.92 Å². The van der Waals surface area contributed by atoms with Gasteiger partial charge in [0.05, 0.1) is 0 Å². The monoisotopic (exact) mass is 424 g/mol. The van der Waals surface area contributed by atoms with Crippen LogP contribution in [0.2, 0.25) is 0 Å². The Bertz CT molecular complexity index is 646. The zero-order valence-electron chi connectivity index (χ0n) is 20.5. The molecule has 2 rings (SSSR count). The van der Waals surface area contributed by atoms with Crippen molar-refractivity contribution in [1.29, 1.82) is 0 Å². The molecule has 31 heavy (non-hydrogen) atoms. The number of imidazole rings is 1. The number of benzene rings is 1. The van der Waals surface area contributed by atoms with Crippen LogP contribution in [-0.4, -0.2) is 9.55 Å². The number of nitrogens with zero attached hydrogens (tertiary/aromatic N) is 2. The van der Waals surface area contributed by atoms with Crippen LogP contribution in [0.1, 0.15) is 134 Å². The zero-order valence-corrected chi connectivity index (χ0v) is 20.5. The van der Waals surface area contributed by atoms with E-state index in [9.17, 15) is 0 Å². The molecule has 2 heteroatoms. The van der Waals surface area contributed by atoms with Gasteiger partial charge in [-0.05, 0) is 18.4 Å². The summed E-state index contributed by atoms with van der Waals surface area (Å²) in [4.78, 5) is 4.72. The minimum atomic E-state index is 0.410. The molecule has 1 aromatic heterocycles. The van der Waals surface area contributed by atoms with Crippen LogP contribution in [-0.2, 0) is 6.54 Å². The molecule has 0 bridgehead atoms. The van der Waals surface area contributed by atoms with Gasteiger partial charge in [-0.25, -0.2) is 4.98 Å². The molecular weight excluding hydrogens is 376 g/mol. The smallest absolute Gasteiger partial charge is 0.116 e. The first-order valence-corrected chi connectivity index (χ1v) is 13.4. The first kappa shape index (κ1) is 25.7. The Kier molecular flexibility index (Phi) is 14.1. The summed E-state index contributed by atoms with van der Waals surface area (Å²) in [5.74, 6) is 1.65. The van der Waals surface area contributed by atoms with Crippen LogP contribution in [0, 0.1) is 0 Å². The SMILES string of the molecule is CCCCCCCCCCCCCCCCCn1ccnc1C(CC)c1ccccc1. The Labute approximate surface area is 192 Å². The number of hydrogen-bond donors (Lipinski definition) is 0. The molecule has 174 valence electrons. The molecule has 1 unspecified atom stereocenters. The second kappa shape index (κ2) is 17.0. The van der Waals surface area contributed by atoms with Crippen LogP contribution in [0.15, 0.2) is 42.7 Å². The molecule has 0 aliphatic heterocycles. The first-order chi connectivity index (χ1) is 15.4. The molecule has 0 saturated heterocycles. The first-order valence-electron chi connectivity index (χ1n) is 13.4. The fraction of sp³-hybridized carbons (Fsp3) is 0.690. The maximum Gasteiger partial charge on any atom is 0.116 e. The minimum Gasteiger partial charge on any atom is -0.334 e. The van der Waals surface area contributed by atoms with Gasteiger partial charge in [0.1, 0.15) is 5.82 Å². The molecule has 1 aromatic carbocycles. The third-order valence-corrected chi connectivity index (χ3v) is 6.67. The van der Waals surface area contributed by atoms with Crippen molar-refractivity contribution in [2.24, 2.45) is 0 Å². The number of rotatable bonds is 19. The molecule has 0 saturated carbocycles. The predicted octanol–water partition coefficient (Wildman–Crippen LogP) is 9.30. The van der Waals surface area contributed by atoms with Crippen LogP contribution in [0.3, 0.4) is 0 Å². The van der Waals surface area contributed by atoms with Gasteiger partial charge in [0.15, 0.2) is 0 Å². The van der Waals surface area contributed by atoms with Gasteiger partial charge in [-0.2, -0.15) is 0 Å². The van der Waals surface area contributed by atoms with Crippen LogP contribution in [0.4, 0.5) is 0 Å². The third-order valence-electron chi connectivity index (χ3n) is 6.67. The molecular formula is C29H48N2. The van der Waals surface area contributed by atoms with Crippen molar-refractivity contribution in [3.63, 3.8) is 0 Å². The average molecular weight is 425 g/mol. The summed E-state index contributed by atoms with van der Waals surface area (Å²) in [6, 6.07) is 10.8. The zero-order chi connectivity index (χ0) is 22.0. The van der Waals surface area contributed by atoms with Crippen LogP contribution in [0.5, 0.6) is 0 Å². The second-order valence-electron chi connectivity index (χ2n) is 9.30. The summed E-state index contributed by atoms with van der Waals surface area (Å²) in [7, 11) is 0. The third kappa shape index (κ3) is 10.5. The summed E-state index contributed by atoms with van der Waals surface area (Å²) in [5, 5.41) is 0. The normalized spacial score (nSPS) is 12.3. The largest absolute Gasteiger partial charge is 0.334 e. The summed E-state index contributed by atoms with van der Waals surface area (Å²) >= 11 is 0. The van der Waals surface area contributed by atoms with Crippen LogP contribution in [0.25, 0.3) is 0 Å². The summed E-state index contributed by atoms with van der Waals surface area (Å²) in [6.07, 6.45) is 26.5. The highest BCUT2D eigenvalue weighted by molar-refractivity contribution is 5.25. The van der Waals surface area contributed by atoms with E-state index in [1.807, 2.05) is 6.20 Å². The Balaban J connectivity index is 1.49. The summed E-state index contributed by atoms with van der Waals surface area (Å²) in [5.41, 5.74) is 1.38. The Morgan fingerprint density at radius 1 is 0.677 bits per heavy atom. The van der Waals surface area contributed by atoms with Gasteiger partial charge in [0.2, 0.25) is 0 Å². The van der Waals surface area contributed by atoms with Gasteiger partial charge in [0.25, 0.3) is 0 Å². The van der Waals surface area contributed by atoms with Gasteiger partial charge in [-0.1, -0.05) is 134 Å². The number of aromatic nitrogens is 2. The molecule has 0 aliphatic carbocycles. The Hall–Kier alpha value is -1.57. The molecule has 0 spiro atoms. The second-order valence-corrected chi connectivity index (χ2v) is 9.30. The quantitative estimate of drug-likeness (QED) is 0.205. The van der Waals surface area contributed by atoms with Gasteiger partial charge < -0.3 is 4.57 Å². The summed E-state index contributed by atoms with van der Waals surface area (Å²) < 4.78 is 2.39. The van der Waals surface area contributed by atoms with E-state index in [1.165, 1.54) is 108 Å². The van der Waals surface area contributed by atoms with Gasteiger partial charge >= 0.3 is 0 Å². The Morgan fingerprint density at radius 3 is 1.71 bits per heavy atom. The van der Waals surface area contributed by atoms with Gasteiger partial charge in [-0.3, -0.25) is 0 Å². The van der Waals surface area contributed by atoms with E-state index in [-0.39, 0.29) is 0 Å². The van der Waals surface area contributed by atoms with Crippen LogP contribution < -0.4 is 0 Å². The van der Waals surface area contributed by atoms with Crippen LogP contribution >= 0.6 is 0 Å². The fourth-order valence-electron chi connectivity index (χ4n) is 4.73. The highest BCUT2D eigenvalue weighted by atomic mass is 15.1. The van der Waals surface area contributed by atoms with E-state index in [4.69, 9.17) is 4.98 Å². The predicted molar refractivity (Wildman–Crippen MR) is 136 cm³/mol. The van der Waals surface area contributed by atoms with E-state index < -0.39 is 0 Å². The number of hydrogen-bond acceptors (Lipinski definition) is 1. The highest BCUT2D eigenvalue weighted by Gasteiger charge is 2.16. The molecule has 0 N–H and O–H groups in total. The van der Waals surface area contributed by atoms with Crippen molar-refractivity contribution < 1.29 is 0 Å². The molecule has 1 heterocycles.